The van der Waals surface area contributed by atoms with Gasteiger partial charge >= 0.3 is 0 Å². The minimum absolute atomic E-state index is 0.212. The molecule has 0 amide bonds. The lowest BCUT2D eigenvalue weighted by atomic mass is 10.2. The van der Waals surface area contributed by atoms with Crippen LogP contribution in [0.25, 0.3) is 0 Å². The summed E-state index contributed by atoms with van der Waals surface area (Å²) in [7, 11) is 0. The molecule has 7 heteroatoms. The number of nitrogens with one attached hydrogen (secondary N) is 2. The summed E-state index contributed by atoms with van der Waals surface area (Å²) >= 11 is 0. The van der Waals surface area contributed by atoms with Crippen molar-refractivity contribution in [2.75, 3.05) is 45.9 Å². The average Bonchev–Trinajstić information content (AvgIpc) is 2.94. The van der Waals surface area contributed by atoms with Crippen LogP contribution in [-0.2, 0) is 11.3 Å². The molecule has 0 radical (unpaired) electrons. The van der Waals surface area contributed by atoms with E-state index in [-0.39, 0.29) is 6.10 Å². The summed E-state index contributed by atoms with van der Waals surface area (Å²) < 4.78 is 8.02. The van der Waals surface area contributed by atoms with Crippen molar-refractivity contribution in [2.45, 2.75) is 54.2 Å². The molecule has 2 rings (SSSR count). The first-order valence-corrected chi connectivity index (χ1v) is 10.7. The molecular weight excluding hydrogens is 352 g/mol. The number of aliphatic imine (C=N–C) groups is 1. The van der Waals surface area contributed by atoms with E-state index in [1.54, 1.807) is 0 Å². The molecule has 2 N–H and O–H groups in total. The second-order valence-electron chi connectivity index (χ2n) is 8.46. The van der Waals surface area contributed by atoms with Gasteiger partial charge in [-0.05, 0) is 38.7 Å². The normalized spacial score (nSPS) is 19.8. The highest BCUT2D eigenvalue weighted by Gasteiger charge is 2.21. The Morgan fingerprint density at radius 1 is 1.29 bits per heavy atom. The number of aryl methyl sites for hydroxylation is 2. The van der Waals surface area contributed by atoms with Gasteiger partial charge in [0.1, 0.15) is 0 Å². The van der Waals surface area contributed by atoms with Gasteiger partial charge in [-0.25, -0.2) is 0 Å². The van der Waals surface area contributed by atoms with Crippen LogP contribution < -0.4 is 10.6 Å². The highest BCUT2D eigenvalue weighted by Crippen LogP contribution is 2.08. The maximum Gasteiger partial charge on any atom is 0.191 e. The Labute approximate surface area is 170 Å². The number of guanidine groups is 1. The highest BCUT2D eigenvalue weighted by molar-refractivity contribution is 5.79. The summed E-state index contributed by atoms with van der Waals surface area (Å²) in [5, 5.41) is 11.4. The molecule has 1 aromatic heterocycles. The largest absolute Gasteiger partial charge is 0.374 e. The molecule has 28 heavy (non-hydrogen) atoms. The van der Waals surface area contributed by atoms with Crippen LogP contribution >= 0.6 is 0 Å². The second kappa shape index (κ2) is 11.4. The smallest absolute Gasteiger partial charge is 0.191 e. The number of rotatable bonds is 9. The minimum Gasteiger partial charge on any atom is -0.374 e. The summed E-state index contributed by atoms with van der Waals surface area (Å²) in [6.07, 6.45) is 0.212. The van der Waals surface area contributed by atoms with Gasteiger partial charge in [-0.1, -0.05) is 20.8 Å². The summed E-state index contributed by atoms with van der Waals surface area (Å²) in [4.78, 5) is 7.28. The molecule has 2 atom stereocenters. The second-order valence-corrected chi connectivity index (χ2v) is 8.46. The van der Waals surface area contributed by atoms with E-state index in [0.717, 1.165) is 64.1 Å². The van der Waals surface area contributed by atoms with Crippen molar-refractivity contribution in [3.63, 3.8) is 0 Å². The van der Waals surface area contributed by atoms with E-state index in [0.29, 0.717) is 11.8 Å². The third-order valence-electron chi connectivity index (χ3n) is 4.84. The van der Waals surface area contributed by atoms with E-state index in [4.69, 9.17) is 9.73 Å². The van der Waals surface area contributed by atoms with Crippen LogP contribution in [0.15, 0.2) is 11.1 Å². The fourth-order valence-electron chi connectivity index (χ4n) is 3.60. The van der Waals surface area contributed by atoms with Crippen molar-refractivity contribution in [3.8, 4) is 0 Å². The Hall–Kier alpha value is -1.60. The SMILES string of the molecule is CCNC(=NCC(C)Cn1nc(C)cc1C)NCC1CN(CC(C)C)CCO1. The van der Waals surface area contributed by atoms with E-state index >= 15 is 0 Å². The molecule has 1 aliphatic heterocycles. The molecule has 1 saturated heterocycles. The molecule has 1 aliphatic rings. The summed E-state index contributed by atoms with van der Waals surface area (Å²) in [5.41, 5.74) is 2.28. The molecule has 7 nitrogen and oxygen atoms in total. The lowest BCUT2D eigenvalue weighted by molar-refractivity contribution is -0.0284. The fraction of sp³-hybridized carbons (Fsp3) is 0.810. The van der Waals surface area contributed by atoms with Crippen LogP contribution in [-0.4, -0.2) is 72.6 Å². The van der Waals surface area contributed by atoms with Crippen molar-refractivity contribution < 1.29 is 4.74 Å². The zero-order chi connectivity index (χ0) is 20.5. The summed E-state index contributed by atoms with van der Waals surface area (Å²) in [6, 6.07) is 2.12. The van der Waals surface area contributed by atoms with Crippen molar-refractivity contribution in [1.82, 2.24) is 25.3 Å². The van der Waals surface area contributed by atoms with E-state index in [1.165, 1.54) is 5.69 Å². The number of hydrogen-bond donors (Lipinski definition) is 2. The third-order valence-corrected chi connectivity index (χ3v) is 4.84. The zero-order valence-corrected chi connectivity index (χ0v) is 18.7. The Morgan fingerprint density at radius 2 is 2.07 bits per heavy atom. The third kappa shape index (κ3) is 7.80. The molecule has 0 bridgehead atoms. The highest BCUT2D eigenvalue weighted by atomic mass is 16.5. The lowest BCUT2D eigenvalue weighted by Crippen LogP contribution is -2.50. The van der Waals surface area contributed by atoms with Gasteiger partial charge in [0.05, 0.1) is 18.4 Å². The molecule has 0 saturated carbocycles. The Balaban J connectivity index is 1.81. The van der Waals surface area contributed by atoms with Crippen LogP contribution in [0.3, 0.4) is 0 Å². The first-order valence-electron chi connectivity index (χ1n) is 10.7. The minimum atomic E-state index is 0.212. The average molecular weight is 393 g/mol. The molecular formula is C21H40N6O. The molecule has 160 valence electrons. The number of nitrogens with zero attached hydrogens (tertiary/aromatic N) is 4. The standard InChI is InChI=1S/C21H40N6O/c1-7-22-21(23-11-17(4)14-27-19(6)10-18(5)25-27)24-12-20-15-26(8-9-28-20)13-16(2)3/h10,16-17,20H,7-9,11-15H2,1-6H3,(H2,22,23,24). The lowest BCUT2D eigenvalue weighted by Gasteiger charge is -2.34. The monoisotopic (exact) mass is 392 g/mol. The van der Waals surface area contributed by atoms with Gasteiger partial charge < -0.3 is 15.4 Å². The zero-order valence-electron chi connectivity index (χ0n) is 18.7. The maximum absolute atomic E-state index is 5.94. The van der Waals surface area contributed by atoms with Gasteiger partial charge in [-0.3, -0.25) is 14.6 Å². The molecule has 1 fully saturated rings. The first kappa shape index (κ1) is 22.7. The number of ether oxygens (including phenoxy) is 1. The Bertz CT molecular complexity index is 612. The van der Waals surface area contributed by atoms with E-state index in [2.05, 4.69) is 66.0 Å². The Morgan fingerprint density at radius 3 is 2.71 bits per heavy atom. The maximum atomic E-state index is 5.94. The molecule has 2 unspecified atom stereocenters. The van der Waals surface area contributed by atoms with Crippen molar-refractivity contribution in [3.05, 3.63) is 17.5 Å². The van der Waals surface area contributed by atoms with Crippen LogP contribution in [0.1, 0.15) is 39.1 Å². The van der Waals surface area contributed by atoms with Gasteiger partial charge in [0.15, 0.2) is 5.96 Å². The number of morpholine rings is 1. The number of aromatic nitrogens is 2. The predicted molar refractivity (Wildman–Crippen MR) is 116 cm³/mol. The van der Waals surface area contributed by atoms with E-state index in [9.17, 15) is 0 Å². The predicted octanol–water partition coefficient (Wildman–Crippen LogP) is 2.05. The molecule has 2 heterocycles. The van der Waals surface area contributed by atoms with Gasteiger partial charge in [-0.15, -0.1) is 0 Å². The van der Waals surface area contributed by atoms with Gasteiger partial charge in [0.2, 0.25) is 0 Å². The topological polar surface area (TPSA) is 66.7 Å². The molecule has 0 aromatic carbocycles. The quantitative estimate of drug-likeness (QED) is 0.497. The van der Waals surface area contributed by atoms with Gasteiger partial charge in [0, 0.05) is 51.5 Å². The van der Waals surface area contributed by atoms with Crippen molar-refractivity contribution >= 4 is 5.96 Å². The van der Waals surface area contributed by atoms with Gasteiger partial charge in [0.25, 0.3) is 0 Å². The summed E-state index contributed by atoms with van der Waals surface area (Å²) in [6.45, 7) is 20.2. The number of hydrogen-bond acceptors (Lipinski definition) is 4. The Kier molecular flexibility index (Phi) is 9.25. The molecule has 0 spiro atoms. The van der Waals surface area contributed by atoms with Crippen molar-refractivity contribution in [1.29, 1.82) is 0 Å². The fourth-order valence-corrected chi connectivity index (χ4v) is 3.60. The van der Waals surface area contributed by atoms with Gasteiger partial charge in [-0.2, -0.15) is 5.10 Å². The van der Waals surface area contributed by atoms with E-state index in [1.807, 2.05) is 6.92 Å². The van der Waals surface area contributed by atoms with Crippen LogP contribution in [0.5, 0.6) is 0 Å². The van der Waals surface area contributed by atoms with Crippen LogP contribution in [0.4, 0.5) is 0 Å². The van der Waals surface area contributed by atoms with Crippen molar-refractivity contribution in [2.24, 2.45) is 16.8 Å². The first-order chi connectivity index (χ1) is 13.4. The van der Waals surface area contributed by atoms with Crippen LogP contribution in [0.2, 0.25) is 0 Å². The van der Waals surface area contributed by atoms with E-state index < -0.39 is 0 Å². The molecule has 0 aliphatic carbocycles. The van der Waals surface area contributed by atoms with Crippen LogP contribution in [0, 0.1) is 25.7 Å². The molecule has 1 aromatic rings. The summed E-state index contributed by atoms with van der Waals surface area (Å²) in [5.74, 6) is 1.97.